The summed E-state index contributed by atoms with van der Waals surface area (Å²) in [6, 6.07) is 14.6. The van der Waals surface area contributed by atoms with Crippen molar-refractivity contribution in [2.45, 2.75) is 13.0 Å². The number of furan rings is 1. The zero-order chi connectivity index (χ0) is 18.9. The molecular formula is C20H20N2O4S. The highest BCUT2D eigenvalue weighted by Gasteiger charge is 2.14. The molecule has 2 N–H and O–H groups in total. The van der Waals surface area contributed by atoms with Crippen LogP contribution in [0.3, 0.4) is 0 Å². The maximum absolute atomic E-state index is 12.3. The summed E-state index contributed by atoms with van der Waals surface area (Å²) in [7, 11) is 0. The van der Waals surface area contributed by atoms with Crippen LogP contribution in [0.4, 0.5) is 5.69 Å². The molecule has 0 aliphatic rings. The first kappa shape index (κ1) is 18.7. The predicted octanol–water partition coefficient (Wildman–Crippen LogP) is 3.47. The van der Waals surface area contributed by atoms with Gasteiger partial charge in [0.25, 0.3) is 5.91 Å². The summed E-state index contributed by atoms with van der Waals surface area (Å²) in [5.74, 6) is -0.116. The molecule has 0 unspecified atom stereocenters. The Bertz CT molecular complexity index is 860. The average molecular weight is 384 g/mol. The molecule has 3 aromatic rings. The molecule has 0 bridgehead atoms. The second-order valence-corrected chi connectivity index (χ2v) is 6.77. The van der Waals surface area contributed by atoms with E-state index in [1.165, 1.54) is 4.88 Å². The lowest BCUT2D eigenvalue weighted by Gasteiger charge is -2.11. The van der Waals surface area contributed by atoms with Crippen LogP contribution >= 0.6 is 11.3 Å². The highest BCUT2D eigenvalue weighted by atomic mass is 32.1. The molecule has 140 valence electrons. The average Bonchev–Trinajstić information content (AvgIpc) is 3.39. The Morgan fingerprint density at radius 3 is 2.74 bits per heavy atom. The van der Waals surface area contributed by atoms with Gasteiger partial charge in [0.2, 0.25) is 0 Å². The minimum absolute atomic E-state index is 0.310. The van der Waals surface area contributed by atoms with Gasteiger partial charge in [0.1, 0.15) is 5.76 Å². The van der Waals surface area contributed by atoms with Gasteiger partial charge in [-0.05, 0) is 42.1 Å². The normalized spacial score (nSPS) is 10.4. The second-order valence-electron chi connectivity index (χ2n) is 5.73. The molecule has 27 heavy (non-hydrogen) atoms. The van der Waals surface area contributed by atoms with Gasteiger partial charge in [-0.2, -0.15) is 0 Å². The number of para-hydroxylation sites is 1. The maximum Gasteiger partial charge on any atom is 0.340 e. The summed E-state index contributed by atoms with van der Waals surface area (Å²) in [4.78, 5) is 25.4. The Morgan fingerprint density at radius 2 is 1.96 bits per heavy atom. The van der Waals surface area contributed by atoms with Crippen molar-refractivity contribution in [1.82, 2.24) is 5.32 Å². The number of ether oxygens (including phenoxy) is 1. The van der Waals surface area contributed by atoms with Crippen molar-refractivity contribution in [3.05, 3.63) is 76.4 Å². The zero-order valence-electron chi connectivity index (χ0n) is 14.6. The van der Waals surface area contributed by atoms with E-state index in [0.717, 1.165) is 12.2 Å². The fourth-order valence-corrected chi connectivity index (χ4v) is 3.16. The Kier molecular flexibility index (Phi) is 6.65. The number of anilines is 1. The number of carbonyl (C=O) groups is 2. The van der Waals surface area contributed by atoms with Gasteiger partial charge in [-0.15, -0.1) is 11.3 Å². The Labute approximate surface area is 161 Å². The number of amides is 1. The number of thiophene rings is 1. The molecule has 0 aliphatic carbocycles. The van der Waals surface area contributed by atoms with E-state index in [-0.39, 0.29) is 12.5 Å². The number of nitrogens with one attached hydrogen (secondary N) is 2. The fraction of sp³-hybridized carbons (Fsp3) is 0.200. The lowest BCUT2D eigenvalue weighted by atomic mass is 10.2. The number of hydrogen-bond donors (Lipinski definition) is 2. The fourth-order valence-electron chi connectivity index (χ4n) is 2.45. The molecular weight excluding hydrogens is 364 g/mol. The molecule has 0 aliphatic heterocycles. The SMILES string of the molecule is O=C(COC(=O)c1ccccc1NCc1ccco1)NCCc1cccs1. The van der Waals surface area contributed by atoms with Crippen molar-refractivity contribution in [1.29, 1.82) is 0 Å². The van der Waals surface area contributed by atoms with Gasteiger partial charge in [-0.1, -0.05) is 18.2 Å². The first-order valence-electron chi connectivity index (χ1n) is 8.54. The molecule has 2 aromatic heterocycles. The molecule has 0 spiro atoms. The largest absolute Gasteiger partial charge is 0.467 e. The van der Waals surface area contributed by atoms with Crippen molar-refractivity contribution in [3.8, 4) is 0 Å². The summed E-state index contributed by atoms with van der Waals surface area (Å²) >= 11 is 1.64. The molecule has 2 heterocycles. The Hall–Kier alpha value is -3.06. The molecule has 0 radical (unpaired) electrons. The van der Waals surface area contributed by atoms with Crippen molar-refractivity contribution in [3.63, 3.8) is 0 Å². The van der Waals surface area contributed by atoms with Crippen molar-refractivity contribution in [2.75, 3.05) is 18.5 Å². The standard InChI is InChI=1S/C20H20N2O4S/c23-19(21-10-9-16-6-4-12-27-16)14-26-20(24)17-7-1-2-8-18(17)22-13-15-5-3-11-25-15/h1-8,11-12,22H,9-10,13-14H2,(H,21,23). The zero-order valence-corrected chi connectivity index (χ0v) is 15.5. The summed E-state index contributed by atoms with van der Waals surface area (Å²) < 4.78 is 10.4. The number of rotatable bonds is 9. The lowest BCUT2D eigenvalue weighted by Crippen LogP contribution is -2.30. The van der Waals surface area contributed by atoms with Gasteiger partial charge in [-0.25, -0.2) is 4.79 Å². The molecule has 1 amide bonds. The van der Waals surface area contributed by atoms with Gasteiger partial charge in [0.05, 0.1) is 18.4 Å². The molecule has 1 aromatic carbocycles. The molecule has 6 nitrogen and oxygen atoms in total. The molecule has 0 saturated carbocycles. The van der Waals surface area contributed by atoms with E-state index in [9.17, 15) is 9.59 Å². The monoisotopic (exact) mass is 384 g/mol. The topological polar surface area (TPSA) is 80.6 Å². The molecule has 0 atom stereocenters. The summed E-state index contributed by atoms with van der Waals surface area (Å²) in [6.07, 6.45) is 2.35. The Morgan fingerprint density at radius 1 is 1.07 bits per heavy atom. The van der Waals surface area contributed by atoms with E-state index < -0.39 is 5.97 Å². The van der Waals surface area contributed by atoms with Crippen LogP contribution in [0.2, 0.25) is 0 Å². The molecule has 7 heteroatoms. The van der Waals surface area contributed by atoms with Crippen molar-refractivity contribution >= 4 is 28.9 Å². The van der Waals surface area contributed by atoms with Gasteiger partial charge >= 0.3 is 5.97 Å². The number of hydrogen-bond acceptors (Lipinski definition) is 6. The van der Waals surface area contributed by atoms with Crippen molar-refractivity contribution in [2.24, 2.45) is 0 Å². The van der Waals surface area contributed by atoms with E-state index >= 15 is 0 Å². The number of benzene rings is 1. The summed E-state index contributed by atoms with van der Waals surface area (Å²) in [6.45, 7) is 0.647. The van der Waals surface area contributed by atoms with Crippen LogP contribution in [0.25, 0.3) is 0 Å². The van der Waals surface area contributed by atoms with Crippen LogP contribution in [0.5, 0.6) is 0 Å². The third kappa shape index (κ3) is 5.72. The number of carbonyl (C=O) groups excluding carboxylic acids is 2. The van der Waals surface area contributed by atoms with Crippen LogP contribution < -0.4 is 10.6 Å². The Balaban J connectivity index is 1.46. The first-order chi connectivity index (χ1) is 13.2. The van der Waals surface area contributed by atoms with Crippen molar-refractivity contribution < 1.29 is 18.7 Å². The molecule has 0 saturated heterocycles. The van der Waals surface area contributed by atoms with Gasteiger partial charge in [-0.3, -0.25) is 4.79 Å². The van der Waals surface area contributed by atoms with E-state index in [1.54, 1.807) is 41.9 Å². The van der Waals surface area contributed by atoms with Gasteiger partial charge in [0, 0.05) is 17.1 Å². The van der Waals surface area contributed by atoms with Gasteiger partial charge in [0.15, 0.2) is 6.61 Å². The van der Waals surface area contributed by atoms with Crippen LogP contribution in [0, 0.1) is 0 Å². The van der Waals surface area contributed by atoms with Gasteiger partial charge < -0.3 is 19.8 Å². The highest BCUT2D eigenvalue weighted by molar-refractivity contribution is 7.09. The molecule has 3 rings (SSSR count). The predicted molar refractivity (Wildman–Crippen MR) is 104 cm³/mol. The van der Waals surface area contributed by atoms with E-state index in [2.05, 4.69) is 10.6 Å². The van der Waals surface area contributed by atoms with E-state index in [4.69, 9.17) is 9.15 Å². The number of esters is 1. The third-order valence-electron chi connectivity index (χ3n) is 3.79. The van der Waals surface area contributed by atoms with Crippen LogP contribution in [-0.2, 0) is 22.5 Å². The van der Waals surface area contributed by atoms with Crippen LogP contribution in [0.1, 0.15) is 21.0 Å². The highest BCUT2D eigenvalue weighted by Crippen LogP contribution is 2.17. The smallest absolute Gasteiger partial charge is 0.340 e. The van der Waals surface area contributed by atoms with Crippen LogP contribution in [-0.4, -0.2) is 25.0 Å². The minimum Gasteiger partial charge on any atom is -0.467 e. The minimum atomic E-state index is -0.550. The maximum atomic E-state index is 12.3. The third-order valence-corrected chi connectivity index (χ3v) is 4.72. The van der Waals surface area contributed by atoms with E-state index in [0.29, 0.717) is 24.3 Å². The van der Waals surface area contributed by atoms with Crippen LogP contribution in [0.15, 0.2) is 64.6 Å². The van der Waals surface area contributed by atoms with E-state index in [1.807, 2.05) is 29.6 Å². The summed E-state index contributed by atoms with van der Waals surface area (Å²) in [5.41, 5.74) is 0.993. The summed E-state index contributed by atoms with van der Waals surface area (Å²) in [5, 5.41) is 7.89. The lowest BCUT2D eigenvalue weighted by molar-refractivity contribution is -0.124. The second kappa shape index (κ2) is 9.59. The first-order valence-corrected chi connectivity index (χ1v) is 9.42. The molecule has 0 fully saturated rings. The quantitative estimate of drug-likeness (QED) is 0.552.